The monoisotopic (exact) mass is 445 g/mol. The Hall–Kier alpha value is -3.66. The highest BCUT2D eigenvalue weighted by Crippen LogP contribution is 2.24. The molecule has 0 aliphatic heterocycles. The van der Waals surface area contributed by atoms with E-state index in [1.165, 1.54) is 11.3 Å². The summed E-state index contributed by atoms with van der Waals surface area (Å²) in [6.07, 6.45) is 0. The molecule has 3 rings (SSSR count). The molecular formula is C21H17F2N3O4S. The molecule has 7 nitrogen and oxygen atoms in total. The van der Waals surface area contributed by atoms with Gasteiger partial charge in [-0.3, -0.25) is 14.4 Å². The van der Waals surface area contributed by atoms with E-state index in [4.69, 9.17) is 4.74 Å². The minimum absolute atomic E-state index is 0.415. The van der Waals surface area contributed by atoms with Gasteiger partial charge in [-0.1, -0.05) is 12.1 Å². The summed E-state index contributed by atoms with van der Waals surface area (Å²) in [6.45, 7) is 0.744. The zero-order chi connectivity index (χ0) is 22.4. The van der Waals surface area contributed by atoms with Crippen LogP contribution >= 0.6 is 11.3 Å². The van der Waals surface area contributed by atoms with E-state index in [-0.39, 0.29) is 0 Å². The Labute approximate surface area is 180 Å². The molecule has 2 amide bonds. The number of anilines is 1. The molecule has 160 valence electrons. The number of nitrogens with one attached hydrogen (secondary N) is 2. The van der Waals surface area contributed by atoms with Crippen molar-refractivity contribution in [1.82, 2.24) is 10.3 Å². The highest BCUT2D eigenvalue weighted by atomic mass is 32.1. The molecule has 0 spiro atoms. The molecule has 3 aromatic rings. The topological polar surface area (TPSA) is 97.4 Å². The number of benzene rings is 2. The molecule has 1 aromatic heterocycles. The molecule has 0 aliphatic rings. The average molecular weight is 445 g/mol. The van der Waals surface area contributed by atoms with Crippen LogP contribution in [0.4, 0.5) is 14.5 Å². The van der Waals surface area contributed by atoms with Crippen LogP contribution in [0.1, 0.15) is 15.4 Å². The third kappa shape index (κ3) is 6.16. The highest BCUT2D eigenvalue weighted by Gasteiger charge is 2.15. The molecule has 1 heterocycles. The van der Waals surface area contributed by atoms with E-state index < -0.39 is 48.1 Å². The first-order valence-electron chi connectivity index (χ1n) is 9.03. The fourth-order valence-electron chi connectivity index (χ4n) is 2.57. The van der Waals surface area contributed by atoms with Crippen molar-refractivity contribution >= 4 is 34.8 Å². The van der Waals surface area contributed by atoms with E-state index >= 15 is 0 Å². The number of ether oxygens (including phenoxy) is 1. The maximum Gasteiger partial charge on any atom is 0.325 e. The molecule has 0 unspecified atom stereocenters. The standard InChI is InChI=1S/C21H17F2N3O4S/c1-12-25-18(11-31-12)13-3-2-4-15(7-13)26-19(27)10-30-20(28)9-24-21(29)16-6-5-14(22)8-17(16)23/h2-8,11H,9-10H2,1H3,(H,24,29)(H,26,27). The van der Waals surface area contributed by atoms with Crippen molar-refractivity contribution in [3.05, 3.63) is 70.1 Å². The predicted octanol–water partition coefficient (Wildman–Crippen LogP) is 3.31. The zero-order valence-electron chi connectivity index (χ0n) is 16.3. The number of aryl methyl sites for hydroxylation is 1. The second-order valence-electron chi connectivity index (χ2n) is 6.35. The van der Waals surface area contributed by atoms with Crippen LogP contribution in [0.25, 0.3) is 11.3 Å². The van der Waals surface area contributed by atoms with Crippen molar-refractivity contribution in [2.75, 3.05) is 18.5 Å². The van der Waals surface area contributed by atoms with Gasteiger partial charge in [0.15, 0.2) is 6.61 Å². The van der Waals surface area contributed by atoms with Gasteiger partial charge in [-0.2, -0.15) is 0 Å². The normalized spacial score (nSPS) is 10.4. The Morgan fingerprint density at radius 2 is 1.94 bits per heavy atom. The van der Waals surface area contributed by atoms with Crippen LogP contribution in [0.5, 0.6) is 0 Å². The van der Waals surface area contributed by atoms with Gasteiger partial charge in [0.25, 0.3) is 11.8 Å². The van der Waals surface area contributed by atoms with Gasteiger partial charge >= 0.3 is 5.97 Å². The second kappa shape index (κ2) is 9.90. The van der Waals surface area contributed by atoms with E-state index in [0.29, 0.717) is 11.8 Å². The van der Waals surface area contributed by atoms with Crippen molar-refractivity contribution in [2.24, 2.45) is 0 Å². The second-order valence-corrected chi connectivity index (χ2v) is 7.41. The maximum absolute atomic E-state index is 13.6. The maximum atomic E-state index is 13.6. The number of amides is 2. The Morgan fingerprint density at radius 3 is 2.65 bits per heavy atom. The predicted molar refractivity (Wildman–Crippen MR) is 111 cm³/mol. The lowest BCUT2D eigenvalue weighted by atomic mass is 10.1. The van der Waals surface area contributed by atoms with Crippen molar-refractivity contribution in [3.8, 4) is 11.3 Å². The fourth-order valence-corrected chi connectivity index (χ4v) is 3.19. The number of halogens is 2. The van der Waals surface area contributed by atoms with Gasteiger partial charge in [-0.25, -0.2) is 13.8 Å². The number of esters is 1. The number of carbonyl (C=O) groups is 3. The van der Waals surface area contributed by atoms with Crippen LogP contribution in [0.15, 0.2) is 47.8 Å². The Morgan fingerprint density at radius 1 is 1.13 bits per heavy atom. The zero-order valence-corrected chi connectivity index (χ0v) is 17.1. The lowest BCUT2D eigenvalue weighted by Gasteiger charge is -2.09. The molecule has 0 atom stereocenters. The summed E-state index contributed by atoms with van der Waals surface area (Å²) in [4.78, 5) is 40.0. The largest absolute Gasteiger partial charge is 0.454 e. The molecule has 0 saturated carbocycles. The number of hydrogen-bond donors (Lipinski definition) is 2. The van der Waals surface area contributed by atoms with Gasteiger partial charge in [0, 0.05) is 22.7 Å². The lowest BCUT2D eigenvalue weighted by molar-refractivity contribution is -0.146. The molecule has 2 N–H and O–H groups in total. The van der Waals surface area contributed by atoms with Gasteiger partial charge < -0.3 is 15.4 Å². The van der Waals surface area contributed by atoms with Crippen molar-refractivity contribution in [1.29, 1.82) is 0 Å². The highest BCUT2D eigenvalue weighted by molar-refractivity contribution is 7.09. The van der Waals surface area contributed by atoms with Crippen molar-refractivity contribution < 1.29 is 27.9 Å². The fraction of sp³-hybridized carbons (Fsp3) is 0.143. The van der Waals surface area contributed by atoms with Crippen LogP contribution in [-0.2, 0) is 14.3 Å². The van der Waals surface area contributed by atoms with E-state index in [9.17, 15) is 23.2 Å². The molecule has 0 radical (unpaired) electrons. The summed E-state index contributed by atoms with van der Waals surface area (Å²) >= 11 is 1.51. The number of rotatable bonds is 7. The van der Waals surface area contributed by atoms with Crippen LogP contribution in [0.2, 0.25) is 0 Å². The van der Waals surface area contributed by atoms with Crippen molar-refractivity contribution in [2.45, 2.75) is 6.92 Å². The quantitative estimate of drug-likeness (QED) is 0.544. The molecule has 10 heteroatoms. The molecular weight excluding hydrogens is 428 g/mol. The summed E-state index contributed by atoms with van der Waals surface area (Å²) in [5, 5.41) is 7.58. The minimum Gasteiger partial charge on any atom is -0.454 e. The minimum atomic E-state index is -1.06. The van der Waals surface area contributed by atoms with E-state index in [1.54, 1.807) is 18.2 Å². The molecule has 2 aromatic carbocycles. The first-order valence-corrected chi connectivity index (χ1v) is 9.91. The number of aromatic nitrogens is 1. The summed E-state index contributed by atoms with van der Waals surface area (Å²) in [5.41, 5.74) is 1.71. The molecule has 0 fully saturated rings. The van der Waals surface area contributed by atoms with Gasteiger partial charge in [0.05, 0.1) is 16.3 Å². The smallest absolute Gasteiger partial charge is 0.325 e. The average Bonchev–Trinajstić information content (AvgIpc) is 3.17. The van der Waals surface area contributed by atoms with Gasteiger partial charge in [-0.05, 0) is 31.2 Å². The SMILES string of the molecule is Cc1nc(-c2cccc(NC(=O)COC(=O)CNC(=O)c3ccc(F)cc3F)c2)cs1. The number of carbonyl (C=O) groups excluding carboxylic acids is 3. The number of hydrogen-bond acceptors (Lipinski definition) is 6. The van der Waals surface area contributed by atoms with Crippen LogP contribution in [0.3, 0.4) is 0 Å². The Balaban J connectivity index is 1.46. The molecule has 0 aliphatic carbocycles. The lowest BCUT2D eigenvalue weighted by Crippen LogP contribution is -2.32. The summed E-state index contributed by atoms with van der Waals surface area (Å²) < 4.78 is 31.2. The third-order valence-corrected chi connectivity index (χ3v) is 4.77. The number of nitrogens with zero attached hydrogens (tertiary/aromatic N) is 1. The Kier molecular flexibility index (Phi) is 7.03. The van der Waals surface area contributed by atoms with Gasteiger partial charge in [0.2, 0.25) is 0 Å². The van der Waals surface area contributed by atoms with Crippen LogP contribution in [-0.4, -0.2) is 35.9 Å². The Bertz CT molecular complexity index is 1130. The number of thiazole rings is 1. The van der Waals surface area contributed by atoms with Crippen LogP contribution < -0.4 is 10.6 Å². The van der Waals surface area contributed by atoms with E-state index in [2.05, 4.69) is 15.6 Å². The molecule has 31 heavy (non-hydrogen) atoms. The van der Waals surface area contributed by atoms with Crippen molar-refractivity contribution in [3.63, 3.8) is 0 Å². The van der Waals surface area contributed by atoms with Gasteiger partial charge in [-0.15, -0.1) is 11.3 Å². The molecule has 0 saturated heterocycles. The summed E-state index contributed by atoms with van der Waals surface area (Å²) in [7, 11) is 0. The first kappa shape index (κ1) is 22.0. The third-order valence-electron chi connectivity index (χ3n) is 3.99. The first-order chi connectivity index (χ1) is 14.8. The van der Waals surface area contributed by atoms with E-state index in [0.717, 1.165) is 28.4 Å². The summed E-state index contributed by atoms with van der Waals surface area (Å²) in [5.74, 6) is -4.26. The van der Waals surface area contributed by atoms with Gasteiger partial charge in [0.1, 0.15) is 18.2 Å². The molecule has 0 bridgehead atoms. The van der Waals surface area contributed by atoms with Crippen LogP contribution in [0, 0.1) is 18.6 Å². The summed E-state index contributed by atoms with van der Waals surface area (Å²) in [6, 6.07) is 9.48. The van der Waals surface area contributed by atoms with E-state index in [1.807, 2.05) is 18.4 Å².